The third-order valence-electron chi connectivity index (χ3n) is 5.17. The number of aromatic nitrogens is 2. The molecular weight excluding hydrogens is 264 g/mol. The summed E-state index contributed by atoms with van der Waals surface area (Å²) in [5, 5.41) is 14.2. The van der Waals surface area contributed by atoms with Crippen molar-refractivity contribution in [2.75, 3.05) is 0 Å². The van der Waals surface area contributed by atoms with Crippen molar-refractivity contribution >= 4 is 0 Å². The number of hydrogen-bond acceptors (Lipinski definition) is 4. The number of rotatable bonds is 4. The van der Waals surface area contributed by atoms with E-state index in [0.29, 0.717) is 23.6 Å². The summed E-state index contributed by atoms with van der Waals surface area (Å²) in [7, 11) is 0. The molecule has 0 radical (unpaired) electrons. The Bertz CT molecular complexity index is 611. The number of benzene rings is 1. The highest BCUT2D eigenvalue weighted by Gasteiger charge is 2.50. The molecule has 1 atom stereocenters. The van der Waals surface area contributed by atoms with E-state index in [2.05, 4.69) is 10.1 Å². The van der Waals surface area contributed by atoms with Crippen LogP contribution in [0.5, 0.6) is 0 Å². The van der Waals surface area contributed by atoms with Crippen LogP contribution in [-0.4, -0.2) is 15.2 Å². The Morgan fingerprint density at radius 2 is 2.00 bits per heavy atom. The highest BCUT2D eigenvalue weighted by atomic mass is 16.5. The first-order chi connectivity index (χ1) is 10.2. The molecule has 0 aliphatic heterocycles. The van der Waals surface area contributed by atoms with E-state index >= 15 is 0 Å². The summed E-state index contributed by atoms with van der Waals surface area (Å²) >= 11 is 0. The lowest BCUT2D eigenvalue weighted by Crippen LogP contribution is -2.41. The van der Waals surface area contributed by atoms with Gasteiger partial charge in [0.1, 0.15) is 0 Å². The number of aliphatic hydroxyl groups excluding tert-OH is 1. The zero-order chi connectivity index (χ0) is 14.3. The zero-order valence-corrected chi connectivity index (χ0v) is 12.0. The van der Waals surface area contributed by atoms with Gasteiger partial charge in [-0.25, -0.2) is 0 Å². The summed E-state index contributed by atoms with van der Waals surface area (Å²) in [5.41, 5.74) is 1.50. The van der Waals surface area contributed by atoms with Gasteiger partial charge < -0.3 is 9.63 Å². The fraction of sp³-hybridized carbons (Fsp3) is 0.529. The van der Waals surface area contributed by atoms with Crippen LogP contribution < -0.4 is 0 Å². The Hall–Kier alpha value is -1.68. The van der Waals surface area contributed by atoms with Gasteiger partial charge in [-0.15, -0.1) is 0 Å². The summed E-state index contributed by atoms with van der Waals surface area (Å²) in [6.07, 6.45) is 6.37. The SMILES string of the molecule is O[C@@H](Cc1noc(C2CC3(CCC3)C2)n1)c1ccccc1. The second-order valence-corrected chi connectivity index (χ2v) is 6.64. The van der Waals surface area contributed by atoms with Gasteiger partial charge in [0.2, 0.25) is 5.89 Å². The minimum Gasteiger partial charge on any atom is -0.388 e. The Balaban J connectivity index is 1.39. The zero-order valence-electron chi connectivity index (χ0n) is 12.0. The average molecular weight is 284 g/mol. The van der Waals surface area contributed by atoms with E-state index in [4.69, 9.17) is 4.52 Å². The molecule has 1 spiro atoms. The first kappa shape index (κ1) is 13.0. The summed E-state index contributed by atoms with van der Waals surface area (Å²) in [6, 6.07) is 9.62. The second-order valence-electron chi connectivity index (χ2n) is 6.64. The molecule has 0 bridgehead atoms. The summed E-state index contributed by atoms with van der Waals surface area (Å²) in [5.74, 6) is 1.82. The van der Waals surface area contributed by atoms with Crippen molar-refractivity contribution in [2.24, 2.45) is 5.41 Å². The molecule has 4 nitrogen and oxygen atoms in total. The molecule has 4 heteroatoms. The molecule has 1 aromatic heterocycles. The molecule has 4 rings (SSSR count). The standard InChI is InChI=1S/C17H20N2O2/c20-14(12-5-2-1-3-6-12)9-15-18-16(21-19-15)13-10-17(11-13)7-4-8-17/h1-3,5-6,13-14,20H,4,7-11H2/t14-/m0/s1. The molecule has 2 aliphatic carbocycles. The van der Waals surface area contributed by atoms with E-state index in [9.17, 15) is 5.11 Å². The second kappa shape index (κ2) is 4.95. The van der Waals surface area contributed by atoms with Crippen LogP contribution in [0.15, 0.2) is 34.9 Å². The van der Waals surface area contributed by atoms with Crippen molar-refractivity contribution in [2.45, 2.75) is 50.5 Å². The highest BCUT2D eigenvalue weighted by molar-refractivity contribution is 5.18. The van der Waals surface area contributed by atoms with Gasteiger partial charge in [-0.2, -0.15) is 4.98 Å². The minimum absolute atomic E-state index is 0.408. The molecule has 0 saturated heterocycles. The molecule has 1 aromatic carbocycles. The van der Waals surface area contributed by atoms with Crippen molar-refractivity contribution in [3.8, 4) is 0 Å². The molecule has 1 N–H and O–H groups in total. The van der Waals surface area contributed by atoms with E-state index in [1.54, 1.807) is 0 Å². The average Bonchev–Trinajstić information content (AvgIpc) is 2.85. The molecule has 1 heterocycles. The maximum Gasteiger partial charge on any atom is 0.229 e. The lowest BCUT2D eigenvalue weighted by atomic mass is 9.52. The normalized spacial score (nSPS) is 21.8. The van der Waals surface area contributed by atoms with Gasteiger partial charge in [0.15, 0.2) is 5.82 Å². The van der Waals surface area contributed by atoms with E-state index in [-0.39, 0.29) is 0 Å². The van der Waals surface area contributed by atoms with Gasteiger partial charge in [0.05, 0.1) is 6.10 Å². The van der Waals surface area contributed by atoms with Crippen LogP contribution in [0.4, 0.5) is 0 Å². The van der Waals surface area contributed by atoms with E-state index in [1.807, 2.05) is 30.3 Å². The first-order valence-electron chi connectivity index (χ1n) is 7.80. The summed E-state index contributed by atoms with van der Waals surface area (Å²) < 4.78 is 5.40. The van der Waals surface area contributed by atoms with E-state index in [1.165, 1.54) is 32.1 Å². The fourth-order valence-electron chi connectivity index (χ4n) is 3.73. The molecular formula is C17H20N2O2. The lowest BCUT2D eigenvalue weighted by Gasteiger charge is -2.53. The van der Waals surface area contributed by atoms with Crippen molar-refractivity contribution in [3.63, 3.8) is 0 Å². The molecule has 110 valence electrons. The van der Waals surface area contributed by atoms with Gasteiger partial charge in [-0.1, -0.05) is 41.9 Å². The Morgan fingerprint density at radius 1 is 1.24 bits per heavy atom. The maximum atomic E-state index is 10.2. The van der Waals surface area contributed by atoms with Crippen molar-refractivity contribution < 1.29 is 9.63 Å². The predicted molar refractivity (Wildman–Crippen MR) is 77.7 cm³/mol. The molecule has 2 aromatic rings. The third kappa shape index (κ3) is 2.38. The monoisotopic (exact) mass is 284 g/mol. The van der Waals surface area contributed by atoms with Crippen LogP contribution in [0.25, 0.3) is 0 Å². The Labute approximate surface area is 124 Å². The fourth-order valence-corrected chi connectivity index (χ4v) is 3.73. The summed E-state index contributed by atoms with van der Waals surface area (Å²) in [6.45, 7) is 0. The van der Waals surface area contributed by atoms with E-state index in [0.717, 1.165) is 11.5 Å². The van der Waals surface area contributed by atoms with Crippen LogP contribution in [0.3, 0.4) is 0 Å². The van der Waals surface area contributed by atoms with Gasteiger partial charge in [-0.3, -0.25) is 0 Å². The Kier molecular flexibility index (Phi) is 3.07. The molecule has 2 aliphatic rings. The maximum absolute atomic E-state index is 10.2. The van der Waals surface area contributed by atoms with Crippen LogP contribution in [0.1, 0.15) is 61.4 Å². The van der Waals surface area contributed by atoms with Crippen LogP contribution in [0, 0.1) is 5.41 Å². The van der Waals surface area contributed by atoms with Crippen LogP contribution in [0.2, 0.25) is 0 Å². The number of hydrogen-bond donors (Lipinski definition) is 1. The molecule has 2 saturated carbocycles. The lowest BCUT2D eigenvalue weighted by molar-refractivity contribution is -0.00166. The molecule has 0 unspecified atom stereocenters. The van der Waals surface area contributed by atoms with Gasteiger partial charge in [0.25, 0.3) is 0 Å². The quantitative estimate of drug-likeness (QED) is 0.935. The molecule has 0 amide bonds. The van der Waals surface area contributed by atoms with Crippen molar-refractivity contribution in [3.05, 3.63) is 47.6 Å². The molecule has 2 fully saturated rings. The van der Waals surface area contributed by atoms with Crippen LogP contribution in [-0.2, 0) is 6.42 Å². The number of nitrogens with zero attached hydrogens (tertiary/aromatic N) is 2. The van der Waals surface area contributed by atoms with Crippen LogP contribution >= 0.6 is 0 Å². The highest BCUT2D eigenvalue weighted by Crippen LogP contribution is 2.61. The van der Waals surface area contributed by atoms with Gasteiger partial charge in [-0.05, 0) is 36.7 Å². The minimum atomic E-state index is -0.573. The Morgan fingerprint density at radius 3 is 2.67 bits per heavy atom. The van der Waals surface area contributed by atoms with E-state index < -0.39 is 6.10 Å². The first-order valence-corrected chi connectivity index (χ1v) is 7.80. The van der Waals surface area contributed by atoms with Gasteiger partial charge in [0, 0.05) is 12.3 Å². The summed E-state index contributed by atoms with van der Waals surface area (Å²) in [4.78, 5) is 4.48. The molecule has 21 heavy (non-hydrogen) atoms. The van der Waals surface area contributed by atoms with Crippen molar-refractivity contribution in [1.29, 1.82) is 0 Å². The predicted octanol–water partition coefficient (Wildman–Crippen LogP) is 3.39. The smallest absolute Gasteiger partial charge is 0.229 e. The van der Waals surface area contributed by atoms with Crippen molar-refractivity contribution in [1.82, 2.24) is 10.1 Å². The van der Waals surface area contributed by atoms with Gasteiger partial charge >= 0.3 is 0 Å². The largest absolute Gasteiger partial charge is 0.388 e. The number of aliphatic hydroxyl groups is 1. The third-order valence-corrected chi connectivity index (χ3v) is 5.17. The topological polar surface area (TPSA) is 59.2 Å².